The quantitative estimate of drug-likeness (QED) is 0.489. The van der Waals surface area contributed by atoms with E-state index in [0.717, 1.165) is 12.1 Å². The van der Waals surface area contributed by atoms with Crippen LogP contribution in [0, 0.1) is 45.3 Å². The van der Waals surface area contributed by atoms with Gasteiger partial charge in [0.2, 0.25) is 0 Å². The van der Waals surface area contributed by atoms with Crippen LogP contribution in [-0.4, -0.2) is 23.1 Å². The third-order valence-electron chi connectivity index (χ3n) is 4.56. The Morgan fingerprint density at radius 3 is 1.57 bits per heavy atom. The Bertz CT molecular complexity index is 515. The van der Waals surface area contributed by atoms with Crippen LogP contribution in [0.1, 0.15) is 6.42 Å². The van der Waals surface area contributed by atoms with E-state index in [9.17, 15) is 26.3 Å². The highest BCUT2D eigenvalue weighted by Gasteiger charge is 2.91. The van der Waals surface area contributed by atoms with Crippen LogP contribution < -0.4 is 0 Å². The van der Waals surface area contributed by atoms with Crippen LogP contribution in [0.25, 0.3) is 0 Å². The second-order valence-corrected chi connectivity index (χ2v) is 6.18. The lowest BCUT2D eigenvalue weighted by Gasteiger charge is -2.49. The maximum absolute atomic E-state index is 13.4. The van der Waals surface area contributed by atoms with E-state index in [1.54, 1.807) is 0 Å². The lowest BCUT2D eigenvalue weighted by atomic mass is 9.55. The fraction of sp³-hybridized carbons (Fsp3) is 0.818. The van der Waals surface area contributed by atoms with E-state index >= 15 is 0 Å². The number of rotatable bonds is 0. The molecule has 0 unspecified atom stereocenters. The monoisotopic (exact) mass is 350 g/mol. The Kier molecular flexibility index (Phi) is 3.40. The molecule has 2 fully saturated rings. The molecule has 0 saturated heterocycles. The van der Waals surface area contributed by atoms with Crippen LogP contribution in [0.4, 0.5) is 26.3 Å². The molecule has 0 amide bonds. The zero-order chi connectivity index (χ0) is 16.4. The molecule has 0 N–H and O–H groups in total. The van der Waals surface area contributed by atoms with E-state index in [4.69, 9.17) is 33.7 Å². The highest BCUT2D eigenvalue weighted by Crippen LogP contribution is 2.77. The van der Waals surface area contributed by atoms with Gasteiger partial charge in [0, 0.05) is 11.8 Å². The first-order valence-electron chi connectivity index (χ1n) is 5.66. The van der Waals surface area contributed by atoms with Gasteiger partial charge in [0.25, 0.3) is 0 Å². The molecule has 0 radical (unpaired) electrons. The molecule has 2 aliphatic carbocycles. The number of hydrogen-bond donors (Lipinski definition) is 0. The Morgan fingerprint density at radius 2 is 1.24 bits per heavy atom. The Hall–Kier alpha value is -0.860. The number of halogens is 8. The van der Waals surface area contributed by atoms with E-state index < -0.39 is 52.2 Å². The first kappa shape index (κ1) is 16.5. The average Bonchev–Trinajstić information content (AvgIpc) is 2.80. The zero-order valence-corrected chi connectivity index (χ0v) is 11.4. The van der Waals surface area contributed by atoms with Gasteiger partial charge in [-0.3, -0.25) is 0 Å². The average molecular weight is 351 g/mol. The van der Waals surface area contributed by atoms with E-state index in [1.165, 1.54) is 0 Å². The molecular formula is C11H6Cl2F6N2. The topological polar surface area (TPSA) is 47.6 Å². The summed E-state index contributed by atoms with van der Waals surface area (Å²) < 4.78 is 80.5. The summed E-state index contributed by atoms with van der Waals surface area (Å²) in [5.41, 5.74) is -7.81. The van der Waals surface area contributed by atoms with E-state index in [0.29, 0.717) is 0 Å². The molecule has 10 heteroatoms. The standard InChI is InChI=1S/C11H6Cl2F6N2/c12-6-4-1-5(7(6)13)9(10(14,15)16,11(17,18)19)8(4,2-20)3-21/h4-7H,1H2/t4-,5+,6+,7-/m1/s1. The predicted octanol–water partition coefficient (Wildman–Crippen LogP) is 4.00. The summed E-state index contributed by atoms with van der Waals surface area (Å²) in [7, 11) is 0. The fourth-order valence-electron chi connectivity index (χ4n) is 3.79. The minimum Gasteiger partial charge on any atom is -0.197 e. The van der Waals surface area contributed by atoms with Crippen LogP contribution >= 0.6 is 23.2 Å². The maximum atomic E-state index is 13.4. The van der Waals surface area contributed by atoms with Crippen molar-refractivity contribution in [2.45, 2.75) is 29.5 Å². The van der Waals surface area contributed by atoms with Crippen LogP contribution in [0.2, 0.25) is 0 Å². The van der Waals surface area contributed by atoms with Crippen LogP contribution in [0.3, 0.4) is 0 Å². The summed E-state index contributed by atoms with van der Waals surface area (Å²) in [6.07, 6.45) is -12.4. The van der Waals surface area contributed by atoms with Gasteiger partial charge in [-0.25, -0.2) is 0 Å². The van der Waals surface area contributed by atoms with Crippen LogP contribution in [-0.2, 0) is 0 Å². The molecule has 2 bridgehead atoms. The van der Waals surface area contributed by atoms with Gasteiger partial charge in [-0.1, -0.05) is 0 Å². The molecule has 4 atom stereocenters. The van der Waals surface area contributed by atoms with Gasteiger partial charge in [0.05, 0.1) is 22.9 Å². The largest absolute Gasteiger partial charge is 0.406 e. The van der Waals surface area contributed by atoms with Gasteiger partial charge >= 0.3 is 12.4 Å². The highest BCUT2D eigenvalue weighted by molar-refractivity contribution is 6.31. The number of nitriles is 2. The third-order valence-corrected chi connectivity index (χ3v) is 5.84. The molecule has 2 aliphatic rings. The second-order valence-electron chi connectivity index (χ2n) is 5.17. The molecule has 21 heavy (non-hydrogen) atoms. The van der Waals surface area contributed by atoms with Crippen molar-refractivity contribution in [3.63, 3.8) is 0 Å². The van der Waals surface area contributed by atoms with Gasteiger partial charge in [-0.2, -0.15) is 36.9 Å². The molecular weight excluding hydrogens is 345 g/mol. The van der Waals surface area contributed by atoms with Gasteiger partial charge in [0.15, 0.2) is 10.8 Å². The van der Waals surface area contributed by atoms with Crippen molar-refractivity contribution < 1.29 is 26.3 Å². The SMILES string of the molecule is N#CC1(C#N)[C@@H]2C[C@@H]([C@@H](Cl)[C@H]2Cl)C1(C(F)(F)F)C(F)(F)F. The molecule has 116 valence electrons. The second kappa shape index (κ2) is 4.33. The molecule has 0 aromatic carbocycles. The molecule has 2 rings (SSSR count). The molecule has 2 nitrogen and oxygen atoms in total. The summed E-state index contributed by atoms with van der Waals surface area (Å²) in [5, 5.41) is 15.1. The van der Waals surface area contributed by atoms with Crippen molar-refractivity contribution in [2.75, 3.05) is 0 Å². The van der Waals surface area contributed by atoms with Gasteiger partial charge in [-0.05, 0) is 6.42 Å². The van der Waals surface area contributed by atoms with Gasteiger partial charge in [0.1, 0.15) is 0 Å². The maximum Gasteiger partial charge on any atom is 0.406 e. The first-order chi connectivity index (χ1) is 9.42. The minimum atomic E-state index is -5.85. The normalized spacial score (nSPS) is 37.0. The zero-order valence-electron chi connectivity index (χ0n) is 9.93. The molecule has 0 aromatic rings. The number of fused-ring (bicyclic) bond motifs is 2. The summed E-state index contributed by atoms with van der Waals surface area (Å²) in [6, 6.07) is 1.94. The molecule has 0 heterocycles. The van der Waals surface area contributed by atoms with Crippen molar-refractivity contribution in [3.05, 3.63) is 0 Å². The van der Waals surface area contributed by atoms with Crippen molar-refractivity contribution in [1.82, 2.24) is 0 Å². The number of nitrogens with zero attached hydrogens (tertiary/aromatic N) is 2. The molecule has 2 saturated carbocycles. The summed E-state index contributed by atoms with van der Waals surface area (Å²) in [6.45, 7) is 0. The molecule has 0 aromatic heterocycles. The third kappa shape index (κ3) is 1.55. The predicted molar refractivity (Wildman–Crippen MR) is 59.1 cm³/mol. The summed E-state index contributed by atoms with van der Waals surface area (Å²) in [5.74, 6) is -3.75. The van der Waals surface area contributed by atoms with Crippen molar-refractivity contribution in [1.29, 1.82) is 10.5 Å². The highest BCUT2D eigenvalue weighted by atomic mass is 35.5. The van der Waals surface area contributed by atoms with Gasteiger partial charge in [-0.15, -0.1) is 23.2 Å². The van der Waals surface area contributed by atoms with Crippen LogP contribution in [0.5, 0.6) is 0 Å². The number of hydrogen-bond acceptors (Lipinski definition) is 2. The number of alkyl halides is 8. The molecule has 0 aliphatic heterocycles. The smallest absolute Gasteiger partial charge is 0.197 e. The van der Waals surface area contributed by atoms with Crippen molar-refractivity contribution >= 4 is 23.2 Å². The molecule has 0 spiro atoms. The summed E-state index contributed by atoms with van der Waals surface area (Å²) >= 11 is 11.4. The lowest BCUT2D eigenvalue weighted by molar-refractivity contribution is -0.376. The minimum absolute atomic E-state index is 0.664. The van der Waals surface area contributed by atoms with E-state index in [1.807, 2.05) is 0 Å². The van der Waals surface area contributed by atoms with E-state index in [2.05, 4.69) is 0 Å². The Labute approximate surface area is 125 Å². The lowest BCUT2D eigenvalue weighted by Crippen LogP contribution is -2.66. The van der Waals surface area contributed by atoms with Crippen molar-refractivity contribution in [2.24, 2.45) is 22.7 Å². The summed E-state index contributed by atoms with van der Waals surface area (Å²) in [4.78, 5) is 0. The van der Waals surface area contributed by atoms with Crippen molar-refractivity contribution in [3.8, 4) is 12.1 Å². The van der Waals surface area contributed by atoms with E-state index in [-0.39, 0.29) is 0 Å². The van der Waals surface area contributed by atoms with Gasteiger partial charge < -0.3 is 0 Å². The first-order valence-corrected chi connectivity index (χ1v) is 6.53. The Morgan fingerprint density at radius 1 is 0.857 bits per heavy atom. The van der Waals surface area contributed by atoms with Crippen LogP contribution in [0.15, 0.2) is 0 Å². The Balaban J connectivity index is 2.86. The fourth-order valence-corrected chi connectivity index (χ4v) is 4.72.